The van der Waals surface area contributed by atoms with E-state index in [0.717, 1.165) is 5.69 Å². The molecule has 1 aliphatic carbocycles. The Bertz CT molecular complexity index is 396. The van der Waals surface area contributed by atoms with Gasteiger partial charge in [0.15, 0.2) is 5.96 Å². The molecule has 0 fully saturated rings. The lowest BCUT2D eigenvalue weighted by molar-refractivity contribution is 0.686. The Kier molecular flexibility index (Phi) is 3.44. The smallest absolute Gasteiger partial charge is 0.193 e. The number of nitrogens with two attached hydrogens (primary N) is 1. The predicted molar refractivity (Wildman–Crippen MR) is 68.9 cm³/mol. The van der Waals surface area contributed by atoms with E-state index in [9.17, 15) is 0 Å². The van der Waals surface area contributed by atoms with E-state index in [-0.39, 0.29) is 0 Å². The number of hydrogen-bond acceptors (Lipinski definition) is 1. The minimum atomic E-state index is 0.498. The van der Waals surface area contributed by atoms with Crippen molar-refractivity contribution in [2.45, 2.75) is 32.6 Å². The first-order chi connectivity index (χ1) is 7.79. The van der Waals surface area contributed by atoms with Crippen molar-refractivity contribution in [3.05, 3.63) is 29.3 Å². The maximum Gasteiger partial charge on any atom is 0.193 e. The quantitative estimate of drug-likeness (QED) is 0.590. The molecular weight excluding hydrogens is 198 g/mol. The molecule has 0 heterocycles. The van der Waals surface area contributed by atoms with Crippen LogP contribution in [0.2, 0.25) is 0 Å². The van der Waals surface area contributed by atoms with Crippen LogP contribution < -0.4 is 11.1 Å². The van der Waals surface area contributed by atoms with Crippen molar-refractivity contribution in [1.29, 1.82) is 0 Å². The van der Waals surface area contributed by atoms with E-state index >= 15 is 0 Å². The van der Waals surface area contributed by atoms with Crippen LogP contribution in [0.4, 0.5) is 5.69 Å². The van der Waals surface area contributed by atoms with Gasteiger partial charge in [0.25, 0.3) is 0 Å². The summed E-state index contributed by atoms with van der Waals surface area (Å²) in [6.45, 7) is 2.69. The van der Waals surface area contributed by atoms with E-state index in [1.807, 2.05) is 6.92 Å². The number of fused-ring (bicyclic) bond motifs is 1. The lowest BCUT2D eigenvalue weighted by Gasteiger charge is -2.16. The highest BCUT2D eigenvalue weighted by molar-refractivity contribution is 5.92. The van der Waals surface area contributed by atoms with Crippen LogP contribution in [0.1, 0.15) is 30.9 Å². The van der Waals surface area contributed by atoms with Gasteiger partial charge in [-0.2, -0.15) is 0 Å². The third-order valence-corrected chi connectivity index (χ3v) is 2.95. The number of aliphatic imine (C=N–C) groups is 1. The highest BCUT2D eigenvalue weighted by Crippen LogP contribution is 2.23. The Hall–Kier alpha value is -1.51. The van der Waals surface area contributed by atoms with E-state index in [1.54, 1.807) is 0 Å². The molecule has 0 radical (unpaired) electrons. The number of nitrogens with zero attached hydrogens (tertiary/aromatic N) is 1. The molecule has 3 nitrogen and oxygen atoms in total. The predicted octanol–water partition coefficient (Wildman–Crippen LogP) is 2.31. The molecule has 0 saturated carbocycles. The molecule has 16 heavy (non-hydrogen) atoms. The molecule has 2 rings (SSSR count). The molecule has 0 spiro atoms. The van der Waals surface area contributed by atoms with E-state index in [2.05, 4.69) is 28.5 Å². The summed E-state index contributed by atoms with van der Waals surface area (Å²) in [5.74, 6) is 0.498. The van der Waals surface area contributed by atoms with E-state index < -0.39 is 0 Å². The molecule has 3 N–H and O–H groups in total. The summed E-state index contributed by atoms with van der Waals surface area (Å²) in [5, 5.41) is 3.12. The van der Waals surface area contributed by atoms with Gasteiger partial charge in [-0.3, -0.25) is 4.99 Å². The zero-order valence-electron chi connectivity index (χ0n) is 9.79. The maximum atomic E-state index is 5.73. The Morgan fingerprint density at radius 1 is 1.31 bits per heavy atom. The summed E-state index contributed by atoms with van der Waals surface area (Å²) in [4.78, 5) is 4.12. The van der Waals surface area contributed by atoms with Crippen LogP contribution in [0.25, 0.3) is 0 Å². The molecule has 86 valence electrons. The third kappa shape index (κ3) is 2.54. The van der Waals surface area contributed by atoms with Crippen molar-refractivity contribution in [1.82, 2.24) is 0 Å². The first kappa shape index (κ1) is 11.0. The molecule has 1 aromatic carbocycles. The van der Waals surface area contributed by atoms with E-state index in [1.165, 1.54) is 36.8 Å². The van der Waals surface area contributed by atoms with Crippen molar-refractivity contribution in [3.8, 4) is 0 Å². The lowest BCUT2D eigenvalue weighted by Crippen LogP contribution is -2.22. The Balaban J connectivity index is 2.14. The summed E-state index contributed by atoms with van der Waals surface area (Å²) in [7, 11) is 0. The minimum absolute atomic E-state index is 0.498. The second-order valence-corrected chi connectivity index (χ2v) is 4.18. The van der Waals surface area contributed by atoms with Crippen molar-refractivity contribution < 1.29 is 0 Å². The highest BCUT2D eigenvalue weighted by atomic mass is 15.1. The van der Waals surface area contributed by atoms with Crippen LogP contribution in [-0.4, -0.2) is 12.5 Å². The molecule has 1 aromatic rings. The first-order valence-electron chi connectivity index (χ1n) is 5.98. The van der Waals surface area contributed by atoms with Crippen molar-refractivity contribution in [2.75, 3.05) is 11.9 Å². The van der Waals surface area contributed by atoms with Gasteiger partial charge in [0.2, 0.25) is 0 Å². The Morgan fingerprint density at radius 3 is 2.81 bits per heavy atom. The van der Waals surface area contributed by atoms with Crippen molar-refractivity contribution >= 4 is 11.6 Å². The topological polar surface area (TPSA) is 50.4 Å². The normalized spacial score (nSPS) is 15.7. The molecule has 1 aliphatic rings. The van der Waals surface area contributed by atoms with Gasteiger partial charge in [-0.1, -0.05) is 6.07 Å². The fourth-order valence-corrected chi connectivity index (χ4v) is 2.17. The van der Waals surface area contributed by atoms with Crippen LogP contribution in [0, 0.1) is 0 Å². The number of nitrogens with one attached hydrogen (secondary N) is 1. The molecule has 0 unspecified atom stereocenters. The molecule has 0 amide bonds. The van der Waals surface area contributed by atoms with Crippen LogP contribution in [0.5, 0.6) is 0 Å². The molecule has 0 saturated heterocycles. The molecule has 0 aliphatic heterocycles. The van der Waals surface area contributed by atoms with Gasteiger partial charge in [0.1, 0.15) is 0 Å². The summed E-state index contributed by atoms with van der Waals surface area (Å²) >= 11 is 0. The van der Waals surface area contributed by atoms with E-state index in [0.29, 0.717) is 12.5 Å². The molecule has 0 atom stereocenters. The summed E-state index contributed by atoms with van der Waals surface area (Å²) in [5.41, 5.74) is 9.73. The van der Waals surface area contributed by atoms with Crippen LogP contribution in [0.15, 0.2) is 23.2 Å². The van der Waals surface area contributed by atoms with Crippen LogP contribution in [0.3, 0.4) is 0 Å². The highest BCUT2D eigenvalue weighted by Gasteiger charge is 2.09. The summed E-state index contributed by atoms with van der Waals surface area (Å²) in [6, 6.07) is 6.49. The molecule has 0 aromatic heterocycles. The third-order valence-electron chi connectivity index (χ3n) is 2.95. The van der Waals surface area contributed by atoms with Crippen molar-refractivity contribution in [3.63, 3.8) is 0 Å². The zero-order valence-corrected chi connectivity index (χ0v) is 9.79. The van der Waals surface area contributed by atoms with E-state index in [4.69, 9.17) is 5.73 Å². The number of benzene rings is 1. The van der Waals surface area contributed by atoms with Gasteiger partial charge in [0, 0.05) is 12.2 Å². The Labute approximate surface area is 96.8 Å². The molecular formula is C13H19N3. The second kappa shape index (κ2) is 5.01. The van der Waals surface area contributed by atoms with Crippen molar-refractivity contribution in [2.24, 2.45) is 10.7 Å². The Morgan fingerprint density at radius 2 is 2.06 bits per heavy atom. The summed E-state index contributed by atoms with van der Waals surface area (Å²) < 4.78 is 0. The van der Waals surface area contributed by atoms with Gasteiger partial charge >= 0.3 is 0 Å². The lowest BCUT2D eigenvalue weighted by atomic mass is 9.91. The van der Waals surface area contributed by atoms with Gasteiger partial charge < -0.3 is 11.1 Å². The van der Waals surface area contributed by atoms with Gasteiger partial charge in [-0.25, -0.2) is 0 Å². The van der Waals surface area contributed by atoms with Gasteiger partial charge in [-0.15, -0.1) is 0 Å². The fraction of sp³-hybridized carbons (Fsp3) is 0.462. The zero-order chi connectivity index (χ0) is 11.4. The number of hydrogen-bond donors (Lipinski definition) is 2. The number of anilines is 1. The minimum Gasteiger partial charge on any atom is -0.370 e. The number of rotatable bonds is 2. The van der Waals surface area contributed by atoms with Gasteiger partial charge in [-0.05, 0) is 55.9 Å². The first-order valence-corrected chi connectivity index (χ1v) is 5.98. The largest absolute Gasteiger partial charge is 0.370 e. The molecule has 3 heteroatoms. The fourth-order valence-electron chi connectivity index (χ4n) is 2.17. The maximum absolute atomic E-state index is 5.73. The average Bonchev–Trinajstić information content (AvgIpc) is 2.29. The SMILES string of the molecule is CCN=C(N)Nc1ccc2c(c1)CCCC2. The standard InChI is InChI=1S/C13H19N3/c1-2-15-13(14)16-12-8-7-10-5-3-4-6-11(10)9-12/h7-9H,2-6H2,1H3,(H3,14,15,16). The number of guanidine groups is 1. The number of aryl methyl sites for hydroxylation is 2. The average molecular weight is 217 g/mol. The monoisotopic (exact) mass is 217 g/mol. The second-order valence-electron chi connectivity index (χ2n) is 4.18. The van der Waals surface area contributed by atoms with Crippen LogP contribution in [-0.2, 0) is 12.8 Å². The summed E-state index contributed by atoms with van der Waals surface area (Å²) in [6.07, 6.45) is 5.03. The van der Waals surface area contributed by atoms with Crippen LogP contribution >= 0.6 is 0 Å². The van der Waals surface area contributed by atoms with Gasteiger partial charge in [0.05, 0.1) is 0 Å². The molecule has 0 bridgehead atoms.